The summed E-state index contributed by atoms with van der Waals surface area (Å²) >= 11 is 12.0. The van der Waals surface area contributed by atoms with Crippen molar-refractivity contribution in [1.29, 1.82) is 0 Å². The van der Waals surface area contributed by atoms with Crippen LogP contribution in [0.3, 0.4) is 0 Å². The van der Waals surface area contributed by atoms with Crippen molar-refractivity contribution >= 4 is 39.3 Å². The Bertz CT molecular complexity index is 1220. The van der Waals surface area contributed by atoms with Crippen LogP contribution in [-0.2, 0) is 32.6 Å². The van der Waals surface area contributed by atoms with Gasteiger partial charge in [-0.15, -0.1) is 0 Å². The number of hydrogen-bond donors (Lipinski definition) is 0. The fourth-order valence-corrected chi connectivity index (χ4v) is 5.14. The van der Waals surface area contributed by atoms with Crippen LogP contribution in [0.15, 0.2) is 47.8 Å². The van der Waals surface area contributed by atoms with Gasteiger partial charge in [-0.05, 0) is 29.7 Å². The second kappa shape index (κ2) is 10.5. The van der Waals surface area contributed by atoms with E-state index in [0.717, 1.165) is 5.56 Å². The van der Waals surface area contributed by atoms with E-state index in [2.05, 4.69) is 9.97 Å². The van der Waals surface area contributed by atoms with Crippen LogP contribution < -0.4 is 4.18 Å². The monoisotopic (exact) mass is 511 g/mol. The van der Waals surface area contributed by atoms with Crippen molar-refractivity contribution in [3.05, 3.63) is 69.9 Å². The van der Waals surface area contributed by atoms with E-state index in [0.29, 0.717) is 11.5 Å². The normalized spacial score (nSPS) is 11.6. The number of carbonyl (C=O) groups is 1. The molecular formula is C22H23Cl2N3O5S. The molecular weight excluding hydrogens is 489 g/mol. The number of benzene rings is 1. The van der Waals surface area contributed by atoms with Crippen molar-refractivity contribution in [2.75, 3.05) is 7.11 Å². The molecule has 0 saturated heterocycles. The standard InChI is InChI=1S/C22H23Cl2N3O5S/c1-14(2)21-22(33(29,30)32-18-11-16(23)10-17(24)12-18)27(13-15-6-8-25-9-7-15)19(26-21)4-5-20(28)31-3/h6-12,14H,4-5,13H2,1-3H3. The van der Waals surface area contributed by atoms with Crippen LogP contribution in [-0.4, -0.2) is 36.0 Å². The number of imidazole rings is 1. The zero-order valence-corrected chi connectivity index (χ0v) is 20.6. The van der Waals surface area contributed by atoms with E-state index in [-0.39, 0.29) is 46.1 Å². The van der Waals surface area contributed by atoms with Crippen LogP contribution in [0.4, 0.5) is 0 Å². The average molecular weight is 512 g/mol. The third kappa shape index (κ3) is 6.25. The fourth-order valence-electron chi connectivity index (χ4n) is 3.23. The lowest BCUT2D eigenvalue weighted by molar-refractivity contribution is -0.140. The predicted molar refractivity (Wildman–Crippen MR) is 124 cm³/mol. The van der Waals surface area contributed by atoms with E-state index in [1.807, 2.05) is 13.8 Å². The summed E-state index contributed by atoms with van der Waals surface area (Å²) in [6.07, 6.45) is 3.46. The highest BCUT2D eigenvalue weighted by atomic mass is 35.5. The lowest BCUT2D eigenvalue weighted by atomic mass is 10.1. The molecule has 0 amide bonds. The number of ether oxygens (including phenoxy) is 1. The number of rotatable bonds is 9. The molecule has 0 saturated carbocycles. The first-order valence-electron chi connectivity index (χ1n) is 10.1. The molecule has 0 fully saturated rings. The van der Waals surface area contributed by atoms with Crippen molar-refractivity contribution in [3.63, 3.8) is 0 Å². The van der Waals surface area contributed by atoms with Gasteiger partial charge in [0.2, 0.25) is 0 Å². The number of aryl methyl sites for hydroxylation is 1. The molecule has 3 rings (SSSR count). The summed E-state index contributed by atoms with van der Waals surface area (Å²) in [5.41, 5.74) is 1.14. The highest BCUT2D eigenvalue weighted by Crippen LogP contribution is 2.31. The van der Waals surface area contributed by atoms with Gasteiger partial charge in [-0.3, -0.25) is 9.78 Å². The molecule has 0 aliphatic rings. The third-order valence-electron chi connectivity index (χ3n) is 4.72. The minimum absolute atomic E-state index is 0.0185. The number of hydrogen-bond acceptors (Lipinski definition) is 7. The van der Waals surface area contributed by atoms with E-state index in [9.17, 15) is 13.2 Å². The Balaban J connectivity index is 2.13. The molecule has 0 aliphatic heterocycles. The van der Waals surface area contributed by atoms with Crippen LogP contribution in [0, 0.1) is 0 Å². The number of halogens is 2. The summed E-state index contributed by atoms with van der Waals surface area (Å²) in [5, 5.41) is 0.381. The molecule has 0 unspecified atom stereocenters. The number of esters is 1. The highest BCUT2D eigenvalue weighted by molar-refractivity contribution is 7.87. The number of methoxy groups -OCH3 is 1. The van der Waals surface area contributed by atoms with Crippen molar-refractivity contribution in [2.24, 2.45) is 0 Å². The smallest absolute Gasteiger partial charge is 0.357 e. The van der Waals surface area contributed by atoms with Crippen LogP contribution in [0.1, 0.15) is 43.3 Å². The minimum Gasteiger partial charge on any atom is -0.469 e. The average Bonchev–Trinajstić information content (AvgIpc) is 3.11. The molecule has 2 heterocycles. The van der Waals surface area contributed by atoms with Gasteiger partial charge in [0.05, 0.1) is 25.8 Å². The number of pyridine rings is 1. The van der Waals surface area contributed by atoms with Crippen LogP contribution in [0.25, 0.3) is 0 Å². The van der Waals surface area contributed by atoms with Crippen molar-refractivity contribution < 1.29 is 22.1 Å². The van der Waals surface area contributed by atoms with Gasteiger partial charge >= 0.3 is 16.1 Å². The largest absolute Gasteiger partial charge is 0.469 e. The molecule has 0 spiro atoms. The molecule has 0 radical (unpaired) electrons. The van der Waals surface area contributed by atoms with Gasteiger partial charge in [0.25, 0.3) is 0 Å². The molecule has 33 heavy (non-hydrogen) atoms. The Morgan fingerprint density at radius 2 is 1.76 bits per heavy atom. The van der Waals surface area contributed by atoms with E-state index < -0.39 is 16.1 Å². The SMILES string of the molecule is COC(=O)CCc1nc(C(C)C)c(S(=O)(=O)Oc2cc(Cl)cc(Cl)c2)n1Cc1ccncc1. The van der Waals surface area contributed by atoms with Gasteiger partial charge in [-0.2, -0.15) is 8.42 Å². The van der Waals surface area contributed by atoms with Crippen molar-refractivity contribution in [2.45, 2.75) is 44.2 Å². The quantitative estimate of drug-likeness (QED) is 0.304. The summed E-state index contributed by atoms with van der Waals surface area (Å²) in [4.78, 5) is 20.3. The first-order chi connectivity index (χ1) is 15.6. The Labute approximate surface area is 202 Å². The number of carbonyl (C=O) groups excluding carboxylic acids is 1. The number of aromatic nitrogens is 3. The zero-order chi connectivity index (χ0) is 24.2. The molecule has 0 bridgehead atoms. The maximum atomic E-state index is 13.5. The molecule has 0 N–H and O–H groups in total. The zero-order valence-electron chi connectivity index (χ0n) is 18.3. The van der Waals surface area contributed by atoms with Gasteiger partial charge in [-0.25, -0.2) is 4.98 Å². The van der Waals surface area contributed by atoms with Gasteiger partial charge in [-0.1, -0.05) is 37.0 Å². The van der Waals surface area contributed by atoms with Gasteiger partial charge in [0, 0.05) is 41.0 Å². The van der Waals surface area contributed by atoms with Gasteiger partial charge in [0.1, 0.15) is 11.6 Å². The van der Waals surface area contributed by atoms with E-state index in [1.54, 1.807) is 29.1 Å². The predicted octanol–water partition coefficient (Wildman–Crippen LogP) is 4.63. The van der Waals surface area contributed by atoms with Crippen LogP contribution in [0.2, 0.25) is 10.0 Å². The topological polar surface area (TPSA) is 100 Å². The molecule has 0 atom stereocenters. The van der Waals surface area contributed by atoms with E-state index in [1.165, 1.54) is 25.3 Å². The first kappa shape index (κ1) is 25.0. The summed E-state index contributed by atoms with van der Waals surface area (Å²) in [6, 6.07) is 7.74. The summed E-state index contributed by atoms with van der Waals surface area (Å²) in [5.74, 6) is -0.257. The molecule has 11 heteroatoms. The molecule has 8 nitrogen and oxygen atoms in total. The van der Waals surface area contributed by atoms with E-state index >= 15 is 0 Å². The van der Waals surface area contributed by atoms with Crippen molar-refractivity contribution in [1.82, 2.24) is 14.5 Å². The molecule has 3 aromatic rings. The third-order valence-corrected chi connectivity index (χ3v) is 6.47. The second-order valence-electron chi connectivity index (χ2n) is 7.53. The van der Waals surface area contributed by atoms with Crippen molar-refractivity contribution in [3.8, 4) is 5.75 Å². The minimum atomic E-state index is -4.35. The Hall–Kier alpha value is -2.62. The van der Waals surface area contributed by atoms with E-state index in [4.69, 9.17) is 32.1 Å². The Kier molecular flexibility index (Phi) is 7.99. The lowest BCUT2D eigenvalue weighted by Crippen LogP contribution is -2.19. The summed E-state index contributed by atoms with van der Waals surface area (Å²) < 4.78 is 38.7. The second-order valence-corrected chi connectivity index (χ2v) is 9.87. The van der Waals surface area contributed by atoms with Gasteiger partial charge in [0.15, 0.2) is 5.03 Å². The Morgan fingerprint density at radius 1 is 1.12 bits per heavy atom. The molecule has 0 aliphatic carbocycles. The molecule has 176 valence electrons. The van der Waals surface area contributed by atoms with Crippen LogP contribution >= 0.6 is 23.2 Å². The van der Waals surface area contributed by atoms with Gasteiger partial charge < -0.3 is 13.5 Å². The number of nitrogens with zero attached hydrogens (tertiary/aromatic N) is 3. The summed E-state index contributed by atoms with van der Waals surface area (Å²) in [7, 11) is -3.05. The maximum Gasteiger partial charge on any atom is 0.357 e. The fraction of sp³-hybridized carbons (Fsp3) is 0.318. The van der Waals surface area contributed by atoms with Crippen LogP contribution in [0.5, 0.6) is 5.75 Å². The Morgan fingerprint density at radius 3 is 2.33 bits per heavy atom. The molecule has 2 aromatic heterocycles. The molecule has 1 aromatic carbocycles. The lowest BCUT2D eigenvalue weighted by Gasteiger charge is -2.15. The highest BCUT2D eigenvalue weighted by Gasteiger charge is 2.31. The first-order valence-corrected chi connectivity index (χ1v) is 12.2. The summed E-state index contributed by atoms with van der Waals surface area (Å²) in [6.45, 7) is 3.85. The maximum absolute atomic E-state index is 13.5.